The molecule has 1 atom stereocenters. The highest BCUT2D eigenvalue weighted by molar-refractivity contribution is 9.10. The van der Waals surface area contributed by atoms with Crippen LogP contribution in [0.2, 0.25) is 0 Å². The fourth-order valence-corrected chi connectivity index (χ4v) is 4.39. The quantitative estimate of drug-likeness (QED) is 0.461. The van der Waals surface area contributed by atoms with Gasteiger partial charge in [-0.15, -0.1) is 22.9 Å². The average molecular weight is 366 g/mol. The Morgan fingerprint density at radius 2 is 1.90 bits per heavy atom. The topological polar surface area (TPSA) is 0 Å². The van der Waals surface area contributed by atoms with Crippen LogP contribution in [0.3, 0.4) is 0 Å². The third-order valence-corrected chi connectivity index (χ3v) is 5.99. The molecule has 0 fully saturated rings. The highest BCUT2D eigenvalue weighted by atomic mass is 79.9. The van der Waals surface area contributed by atoms with E-state index in [1.165, 1.54) is 21.2 Å². The van der Waals surface area contributed by atoms with E-state index in [2.05, 4.69) is 70.7 Å². The number of hydrogen-bond acceptors (Lipinski definition) is 1. The van der Waals surface area contributed by atoms with Gasteiger partial charge in [0.2, 0.25) is 0 Å². The van der Waals surface area contributed by atoms with Gasteiger partial charge in [0.25, 0.3) is 0 Å². The molecule has 0 bridgehead atoms. The van der Waals surface area contributed by atoms with Gasteiger partial charge >= 0.3 is 0 Å². The summed E-state index contributed by atoms with van der Waals surface area (Å²) in [5.41, 5.74) is 3.69. The molecule has 3 aromatic rings. The lowest BCUT2D eigenvalue weighted by molar-refractivity contribution is 1.11. The van der Waals surface area contributed by atoms with Crippen LogP contribution in [0.4, 0.5) is 0 Å². The third-order valence-electron chi connectivity index (χ3n) is 3.54. The van der Waals surface area contributed by atoms with Crippen LogP contribution < -0.4 is 0 Å². The lowest BCUT2D eigenvalue weighted by atomic mass is 10.0. The molecule has 102 valence electrons. The smallest absolute Gasteiger partial charge is 0.0849 e. The molecule has 0 saturated carbocycles. The average Bonchev–Trinajstić information content (AvgIpc) is 2.92. The Balaban J connectivity index is 2.03. The Labute approximate surface area is 136 Å². The molecule has 3 rings (SSSR count). The standard InChI is InChI=1S/C17H14BrClS/c1-2-11-6-8-12(9-7-11)16(19)14-10-20-17-13(14)4-3-5-15(17)18/h3-10,16H,2H2,1H3. The van der Waals surface area contributed by atoms with Gasteiger partial charge < -0.3 is 0 Å². The zero-order valence-corrected chi connectivity index (χ0v) is 14.2. The first-order valence-corrected chi connectivity index (χ1v) is 8.70. The molecule has 0 spiro atoms. The molecule has 0 N–H and O–H groups in total. The first-order valence-electron chi connectivity index (χ1n) is 6.59. The van der Waals surface area contributed by atoms with E-state index in [1.54, 1.807) is 11.3 Å². The van der Waals surface area contributed by atoms with E-state index < -0.39 is 0 Å². The Morgan fingerprint density at radius 3 is 2.60 bits per heavy atom. The predicted molar refractivity (Wildman–Crippen MR) is 93.0 cm³/mol. The molecule has 0 aliphatic heterocycles. The molecule has 0 nitrogen and oxygen atoms in total. The van der Waals surface area contributed by atoms with Crippen LogP contribution in [0.25, 0.3) is 10.1 Å². The van der Waals surface area contributed by atoms with E-state index in [4.69, 9.17) is 11.6 Å². The number of thiophene rings is 1. The molecule has 1 heterocycles. The SMILES string of the molecule is CCc1ccc(C(Cl)c2csc3c(Br)cccc23)cc1. The van der Waals surface area contributed by atoms with E-state index >= 15 is 0 Å². The van der Waals surface area contributed by atoms with E-state index in [0.717, 1.165) is 16.5 Å². The molecular formula is C17H14BrClS. The van der Waals surface area contributed by atoms with Gasteiger partial charge in [-0.05, 0) is 55.9 Å². The van der Waals surface area contributed by atoms with Crippen LogP contribution in [-0.4, -0.2) is 0 Å². The van der Waals surface area contributed by atoms with Crippen molar-refractivity contribution in [2.45, 2.75) is 18.7 Å². The molecule has 1 unspecified atom stereocenters. The van der Waals surface area contributed by atoms with Crippen molar-refractivity contribution in [3.63, 3.8) is 0 Å². The lowest BCUT2D eigenvalue weighted by Gasteiger charge is -2.10. The highest BCUT2D eigenvalue weighted by Gasteiger charge is 2.16. The van der Waals surface area contributed by atoms with Crippen molar-refractivity contribution in [3.8, 4) is 0 Å². The summed E-state index contributed by atoms with van der Waals surface area (Å²) in [6.07, 6.45) is 1.06. The molecule has 1 aromatic heterocycles. The first kappa shape index (κ1) is 14.1. The molecule has 3 heteroatoms. The second-order valence-electron chi connectivity index (χ2n) is 4.77. The Morgan fingerprint density at radius 1 is 1.15 bits per heavy atom. The lowest BCUT2D eigenvalue weighted by Crippen LogP contribution is -1.92. The minimum absolute atomic E-state index is 0.0936. The molecule has 0 amide bonds. The van der Waals surface area contributed by atoms with E-state index in [1.807, 2.05) is 0 Å². The van der Waals surface area contributed by atoms with Crippen molar-refractivity contribution >= 4 is 49.0 Å². The van der Waals surface area contributed by atoms with Crippen LogP contribution in [-0.2, 0) is 6.42 Å². The Bertz CT molecular complexity index is 730. The number of rotatable bonds is 3. The largest absolute Gasteiger partial charge is 0.142 e. The van der Waals surface area contributed by atoms with Crippen molar-refractivity contribution < 1.29 is 0 Å². The van der Waals surface area contributed by atoms with Crippen molar-refractivity contribution in [2.24, 2.45) is 0 Å². The van der Waals surface area contributed by atoms with Crippen LogP contribution in [0.1, 0.15) is 29.0 Å². The maximum atomic E-state index is 6.69. The first-order chi connectivity index (χ1) is 9.70. The van der Waals surface area contributed by atoms with Gasteiger partial charge in [-0.1, -0.05) is 43.3 Å². The van der Waals surface area contributed by atoms with E-state index in [0.29, 0.717) is 0 Å². The third kappa shape index (κ3) is 2.52. The van der Waals surface area contributed by atoms with Crippen molar-refractivity contribution in [2.75, 3.05) is 0 Å². The molecular weight excluding hydrogens is 352 g/mol. The van der Waals surface area contributed by atoms with Crippen LogP contribution in [0.15, 0.2) is 52.3 Å². The molecule has 2 aromatic carbocycles. The monoisotopic (exact) mass is 364 g/mol. The highest BCUT2D eigenvalue weighted by Crippen LogP contribution is 2.39. The van der Waals surface area contributed by atoms with Crippen molar-refractivity contribution in [3.05, 3.63) is 69.0 Å². The van der Waals surface area contributed by atoms with Gasteiger partial charge in [-0.2, -0.15) is 0 Å². The van der Waals surface area contributed by atoms with E-state index in [-0.39, 0.29) is 5.38 Å². The summed E-state index contributed by atoms with van der Waals surface area (Å²) < 4.78 is 2.40. The zero-order valence-electron chi connectivity index (χ0n) is 11.1. The molecule has 0 aliphatic rings. The normalized spacial score (nSPS) is 12.8. The minimum atomic E-state index is -0.0936. The van der Waals surface area contributed by atoms with Crippen LogP contribution in [0, 0.1) is 0 Å². The maximum absolute atomic E-state index is 6.69. The molecule has 0 aliphatic carbocycles. The Kier molecular flexibility index (Phi) is 4.16. The van der Waals surface area contributed by atoms with E-state index in [9.17, 15) is 0 Å². The fraction of sp³-hybridized carbons (Fsp3) is 0.176. The summed E-state index contributed by atoms with van der Waals surface area (Å²) in [4.78, 5) is 0. The zero-order chi connectivity index (χ0) is 14.1. The molecule has 0 saturated heterocycles. The van der Waals surface area contributed by atoms with Gasteiger partial charge in [0.1, 0.15) is 0 Å². The second-order valence-corrected chi connectivity index (χ2v) is 6.94. The fourth-order valence-electron chi connectivity index (χ4n) is 2.34. The van der Waals surface area contributed by atoms with Gasteiger partial charge in [-0.3, -0.25) is 0 Å². The summed E-state index contributed by atoms with van der Waals surface area (Å²) in [6, 6.07) is 14.9. The number of halogens is 2. The summed E-state index contributed by atoms with van der Waals surface area (Å²) in [7, 11) is 0. The number of aryl methyl sites for hydroxylation is 1. The molecule has 20 heavy (non-hydrogen) atoms. The van der Waals surface area contributed by atoms with Gasteiger partial charge in [0.05, 0.1) is 5.38 Å². The van der Waals surface area contributed by atoms with Gasteiger partial charge in [0.15, 0.2) is 0 Å². The van der Waals surface area contributed by atoms with Gasteiger partial charge in [0, 0.05) is 9.17 Å². The van der Waals surface area contributed by atoms with Gasteiger partial charge in [-0.25, -0.2) is 0 Å². The minimum Gasteiger partial charge on any atom is -0.142 e. The summed E-state index contributed by atoms with van der Waals surface area (Å²) in [5.74, 6) is 0. The predicted octanol–water partition coefficient (Wildman–Crippen LogP) is 6.55. The number of alkyl halides is 1. The number of hydrogen-bond donors (Lipinski definition) is 0. The van der Waals surface area contributed by atoms with Crippen LogP contribution in [0.5, 0.6) is 0 Å². The Hall–Kier alpha value is -0.830. The number of fused-ring (bicyclic) bond motifs is 1. The van der Waals surface area contributed by atoms with Crippen molar-refractivity contribution in [1.82, 2.24) is 0 Å². The number of benzene rings is 2. The van der Waals surface area contributed by atoms with Crippen molar-refractivity contribution in [1.29, 1.82) is 0 Å². The second kappa shape index (κ2) is 5.88. The maximum Gasteiger partial charge on any atom is 0.0849 e. The summed E-state index contributed by atoms with van der Waals surface area (Å²) in [6.45, 7) is 2.16. The summed E-state index contributed by atoms with van der Waals surface area (Å²) >= 11 is 12.0. The summed E-state index contributed by atoms with van der Waals surface area (Å²) in [5, 5.41) is 3.31. The van der Waals surface area contributed by atoms with Crippen LogP contribution >= 0.6 is 38.9 Å². The molecule has 0 radical (unpaired) electrons.